The predicted octanol–water partition coefficient (Wildman–Crippen LogP) is 3.68. The first-order chi connectivity index (χ1) is 8.08. The summed E-state index contributed by atoms with van der Waals surface area (Å²) in [5, 5.41) is 3.80. The van der Waals surface area contributed by atoms with Gasteiger partial charge in [0.2, 0.25) is 0 Å². The van der Waals surface area contributed by atoms with Crippen LogP contribution in [0.15, 0.2) is 30.5 Å². The predicted molar refractivity (Wildman–Crippen MR) is 72.9 cm³/mol. The van der Waals surface area contributed by atoms with Crippen LogP contribution >= 0.6 is 11.6 Å². The van der Waals surface area contributed by atoms with Gasteiger partial charge in [0.05, 0.1) is 16.4 Å². The molecule has 2 aromatic rings. The van der Waals surface area contributed by atoms with E-state index in [9.17, 15) is 0 Å². The molecule has 0 spiro atoms. The van der Waals surface area contributed by atoms with Crippen LogP contribution in [0.1, 0.15) is 11.1 Å². The highest BCUT2D eigenvalue weighted by Crippen LogP contribution is 2.28. The van der Waals surface area contributed by atoms with Crippen molar-refractivity contribution >= 4 is 28.8 Å². The second-order valence-corrected chi connectivity index (χ2v) is 4.41. The number of halogens is 1. The molecule has 1 aromatic carbocycles. The monoisotopic (exact) mass is 247 g/mol. The summed E-state index contributed by atoms with van der Waals surface area (Å²) in [7, 11) is 0. The Balaban J connectivity index is 2.35. The number of anilines is 3. The van der Waals surface area contributed by atoms with Gasteiger partial charge >= 0.3 is 0 Å². The second-order valence-electron chi connectivity index (χ2n) is 4.00. The van der Waals surface area contributed by atoms with Crippen molar-refractivity contribution in [1.82, 2.24) is 4.98 Å². The quantitative estimate of drug-likeness (QED) is 0.851. The van der Waals surface area contributed by atoms with E-state index in [1.54, 1.807) is 6.20 Å². The van der Waals surface area contributed by atoms with Gasteiger partial charge in [-0.15, -0.1) is 0 Å². The highest BCUT2D eigenvalue weighted by molar-refractivity contribution is 6.33. The van der Waals surface area contributed by atoms with Crippen LogP contribution in [0.5, 0.6) is 0 Å². The molecule has 4 heteroatoms. The summed E-state index contributed by atoms with van der Waals surface area (Å²) in [6.45, 7) is 3.94. The molecule has 17 heavy (non-hydrogen) atoms. The summed E-state index contributed by atoms with van der Waals surface area (Å²) in [6.07, 6.45) is 1.72. The van der Waals surface area contributed by atoms with Gasteiger partial charge in [0, 0.05) is 6.20 Å². The number of nitrogens with one attached hydrogen (secondary N) is 1. The fourth-order valence-electron chi connectivity index (χ4n) is 1.52. The Hall–Kier alpha value is -1.74. The molecule has 88 valence electrons. The minimum Gasteiger partial charge on any atom is -0.396 e. The normalized spacial score (nSPS) is 10.3. The van der Waals surface area contributed by atoms with E-state index < -0.39 is 0 Å². The molecule has 0 unspecified atom stereocenters. The van der Waals surface area contributed by atoms with Gasteiger partial charge in [-0.2, -0.15) is 0 Å². The van der Waals surface area contributed by atoms with Gasteiger partial charge in [-0.05, 0) is 43.2 Å². The molecular formula is C13H14ClN3. The minimum atomic E-state index is 0.635. The third-order valence-corrected chi connectivity index (χ3v) is 2.90. The third-order valence-electron chi connectivity index (χ3n) is 2.59. The van der Waals surface area contributed by atoms with E-state index in [1.165, 1.54) is 0 Å². The topological polar surface area (TPSA) is 50.9 Å². The summed E-state index contributed by atoms with van der Waals surface area (Å²) >= 11 is 6.14. The van der Waals surface area contributed by atoms with Crippen LogP contribution in [0, 0.1) is 13.8 Å². The maximum Gasteiger partial charge on any atom is 0.153 e. The Labute approximate surface area is 106 Å². The standard InChI is InChI=1S/C13H14ClN3/c1-8-3-4-11(10(14)7-8)17-13-12(15)9(2)5-6-16-13/h3-7H,15H2,1-2H3,(H,16,17). The minimum absolute atomic E-state index is 0.635. The Kier molecular flexibility index (Phi) is 3.20. The first kappa shape index (κ1) is 11.7. The first-order valence-electron chi connectivity index (χ1n) is 5.32. The van der Waals surface area contributed by atoms with E-state index in [-0.39, 0.29) is 0 Å². The van der Waals surface area contributed by atoms with Gasteiger partial charge < -0.3 is 11.1 Å². The third kappa shape index (κ3) is 2.50. The van der Waals surface area contributed by atoms with Crippen molar-refractivity contribution in [1.29, 1.82) is 0 Å². The lowest BCUT2D eigenvalue weighted by atomic mass is 10.2. The van der Waals surface area contributed by atoms with E-state index in [0.717, 1.165) is 16.8 Å². The number of rotatable bonds is 2. The zero-order valence-electron chi connectivity index (χ0n) is 9.79. The lowest BCUT2D eigenvalue weighted by Crippen LogP contribution is -2.01. The van der Waals surface area contributed by atoms with Crippen molar-refractivity contribution in [3.63, 3.8) is 0 Å². The molecule has 0 aliphatic carbocycles. The Morgan fingerprint density at radius 2 is 2.00 bits per heavy atom. The van der Waals surface area contributed by atoms with Crippen molar-refractivity contribution in [2.24, 2.45) is 0 Å². The molecule has 0 fully saturated rings. The molecule has 3 N–H and O–H groups in total. The summed E-state index contributed by atoms with van der Waals surface area (Å²) in [6, 6.07) is 7.68. The summed E-state index contributed by atoms with van der Waals surface area (Å²) in [5.41, 5.74) is 9.50. The number of hydrogen-bond donors (Lipinski definition) is 2. The number of nitrogens with zero attached hydrogens (tertiary/aromatic N) is 1. The molecule has 1 aromatic heterocycles. The van der Waals surface area contributed by atoms with Gasteiger partial charge in [0.15, 0.2) is 5.82 Å². The fraction of sp³-hybridized carbons (Fsp3) is 0.154. The van der Waals surface area contributed by atoms with Crippen molar-refractivity contribution in [2.75, 3.05) is 11.1 Å². The van der Waals surface area contributed by atoms with Crippen LogP contribution < -0.4 is 11.1 Å². The van der Waals surface area contributed by atoms with Crippen molar-refractivity contribution in [2.45, 2.75) is 13.8 Å². The van der Waals surface area contributed by atoms with Crippen LogP contribution in [0.2, 0.25) is 5.02 Å². The molecule has 2 rings (SSSR count). The highest BCUT2D eigenvalue weighted by Gasteiger charge is 2.06. The van der Waals surface area contributed by atoms with E-state index in [1.807, 2.05) is 38.1 Å². The molecule has 0 atom stereocenters. The Morgan fingerprint density at radius 3 is 2.71 bits per heavy atom. The lowest BCUT2D eigenvalue weighted by molar-refractivity contribution is 1.28. The van der Waals surface area contributed by atoms with Crippen molar-refractivity contribution in [3.05, 3.63) is 46.6 Å². The SMILES string of the molecule is Cc1ccc(Nc2nccc(C)c2N)c(Cl)c1. The van der Waals surface area contributed by atoms with Crippen LogP contribution in [-0.2, 0) is 0 Å². The van der Waals surface area contributed by atoms with E-state index in [0.29, 0.717) is 16.5 Å². The molecule has 0 radical (unpaired) electrons. The average molecular weight is 248 g/mol. The smallest absolute Gasteiger partial charge is 0.153 e. The van der Waals surface area contributed by atoms with E-state index in [2.05, 4.69) is 10.3 Å². The molecule has 0 bridgehead atoms. The van der Waals surface area contributed by atoms with E-state index in [4.69, 9.17) is 17.3 Å². The van der Waals surface area contributed by atoms with E-state index >= 15 is 0 Å². The fourth-order valence-corrected chi connectivity index (χ4v) is 1.80. The Morgan fingerprint density at radius 1 is 1.24 bits per heavy atom. The van der Waals surface area contributed by atoms with Crippen LogP contribution in [0.3, 0.4) is 0 Å². The van der Waals surface area contributed by atoms with Gasteiger partial charge in [-0.1, -0.05) is 17.7 Å². The largest absolute Gasteiger partial charge is 0.396 e. The van der Waals surface area contributed by atoms with Gasteiger partial charge in [0.1, 0.15) is 0 Å². The van der Waals surface area contributed by atoms with Gasteiger partial charge in [-0.3, -0.25) is 0 Å². The molecule has 3 nitrogen and oxygen atoms in total. The molecule has 0 saturated heterocycles. The molecule has 0 aliphatic heterocycles. The number of benzene rings is 1. The van der Waals surface area contributed by atoms with Gasteiger partial charge in [-0.25, -0.2) is 4.98 Å². The maximum atomic E-state index is 6.14. The molecule has 1 heterocycles. The molecule has 0 amide bonds. The number of nitrogens with two attached hydrogens (primary N) is 1. The van der Waals surface area contributed by atoms with Crippen LogP contribution in [0.25, 0.3) is 0 Å². The van der Waals surface area contributed by atoms with Crippen molar-refractivity contribution in [3.8, 4) is 0 Å². The zero-order valence-corrected chi connectivity index (χ0v) is 10.5. The summed E-state index contributed by atoms with van der Waals surface area (Å²) in [5.74, 6) is 0.635. The second kappa shape index (κ2) is 4.63. The molecular weight excluding hydrogens is 234 g/mol. The number of pyridine rings is 1. The highest BCUT2D eigenvalue weighted by atomic mass is 35.5. The maximum absolute atomic E-state index is 6.14. The average Bonchev–Trinajstić information content (AvgIpc) is 2.28. The van der Waals surface area contributed by atoms with Gasteiger partial charge in [0.25, 0.3) is 0 Å². The summed E-state index contributed by atoms with van der Waals surface area (Å²) in [4.78, 5) is 4.20. The van der Waals surface area contributed by atoms with Crippen molar-refractivity contribution < 1.29 is 0 Å². The number of hydrogen-bond acceptors (Lipinski definition) is 3. The molecule has 0 saturated carbocycles. The summed E-state index contributed by atoms with van der Waals surface area (Å²) < 4.78 is 0. The number of nitrogen functional groups attached to an aromatic ring is 1. The Bertz CT molecular complexity index is 552. The van der Waals surface area contributed by atoms with Crippen LogP contribution in [0.4, 0.5) is 17.2 Å². The lowest BCUT2D eigenvalue weighted by Gasteiger charge is -2.11. The number of aromatic nitrogens is 1. The molecule has 0 aliphatic rings. The zero-order chi connectivity index (χ0) is 12.4. The van der Waals surface area contributed by atoms with Crippen LogP contribution in [-0.4, -0.2) is 4.98 Å². The number of aryl methyl sites for hydroxylation is 2. The first-order valence-corrected chi connectivity index (χ1v) is 5.70.